The van der Waals surface area contributed by atoms with Crippen LogP contribution >= 0.6 is 12.4 Å². The molecule has 21 heavy (non-hydrogen) atoms. The summed E-state index contributed by atoms with van der Waals surface area (Å²) < 4.78 is 27.8. The van der Waals surface area contributed by atoms with Gasteiger partial charge in [-0.3, -0.25) is 0 Å². The highest BCUT2D eigenvalue weighted by Crippen LogP contribution is 2.28. The van der Waals surface area contributed by atoms with E-state index in [0.29, 0.717) is 18.7 Å². The van der Waals surface area contributed by atoms with E-state index in [1.165, 1.54) is 6.07 Å². The average Bonchev–Trinajstić information content (AvgIpc) is 2.71. The maximum Gasteiger partial charge on any atom is 0.327 e. The Kier molecular flexibility index (Phi) is 4.22. The smallest absolute Gasteiger partial charge is 0.327 e. The Bertz CT molecular complexity index is 704. The van der Waals surface area contributed by atoms with E-state index in [1.54, 1.807) is 23.1 Å². The summed E-state index contributed by atoms with van der Waals surface area (Å²) in [6.45, 7) is 1.25. The number of carboxylic acid groups (broad SMARTS) is 1. The van der Waals surface area contributed by atoms with Crippen molar-refractivity contribution in [2.45, 2.75) is 10.9 Å². The number of hydrogen-bond acceptors (Lipinski definition) is 5. The van der Waals surface area contributed by atoms with Crippen LogP contribution in [0.25, 0.3) is 0 Å². The number of nitrogens with one attached hydrogen (secondary N) is 1. The predicted octanol–water partition coefficient (Wildman–Crippen LogP) is -0.0843. The molecule has 2 aliphatic heterocycles. The number of carbonyl (C=O) groups is 1. The number of sulfonamides is 1. The van der Waals surface area contributed by atoms with Crippen LogP contribution in [0.5, 0.6) is 0 Å². The lowest BCUT2D eigenvalue weighted by Crippen LogP contribution is -2.57. The lowest BCUT2D eigenvalue weighted by Gasteiger charge is -2.34. The monoisotopic (exact) mass is 331 g/mol. The van der Waals surface area contributed by atoms with Gasteiger partial charge in [-0.15, -0.1) is 16.8 Å². The van der Waals surface area contributed by atoms with E-state index in [1.807, 2.05) is 0 Å². The third-order valence-electron chi connectivity index (χ3n) is 3.41. The van der Waals surface area contributed by atoms with E-state index in [9.17, 15) is 18.3 Å². The highest BCUT2D eigenvalue weighted by Gasteiger charge is 2.37. The molecular formula is C12H14ClN3O4S. The topological polar surface area (TPSA) is 99.1 Å². The van der Waals surface area contributed by atoms with Crippen LogP contribution in [0.1, 0.15) is 5.56 Å². The van der Waals surface area contributed by atoms with Crippen molar-refractivity contribution < 1.29 is 18.3 Å². The van der Waals surface area contributed by atoms with Crippen molar-refractivity contribution in [1.82, 2.24) is 10.2 Å². The molecule has 0 aliphatic carbocycles. The van der Waals surface area contributed by atoms with Gasteiger partial charge in [0.15, 0.2) is 5.84 Å². The molecule has 1 atom stereocenters. The van der Waals surface area contributed by atoms with Crippen molar-refractivity contribution in [3.63, 3.8) is 0 Å². The molecule has 2 heterocycles. The largest absolute Gasteiger partial charge is 0.480 e. The lowest BCUT2D eigenvalue weighted by molar-refractivity contribution is -0.142. The summed E-state index contributed by atoms with van der Waals surface area (Å²) in [6, 6.07) is 5.66. The minimum atomic E-state index is -3.72. The second kappa shape index (κ2) is 5.63. The molecular weight excluding hydrogens is 318 g/mol. The third-order valence-corrected chi connectivity index (χ3v) is 4.74. The Morgan fingerprint density at radius 3 is 2.81 bits per heavy atom. The van der Waals surface area contributed by atoms with Gasteiger partial charge in [0.25, 0.3) is 10.0 Å². The number of carboxylic acids is 1. The number of amidine groups is 1. The summed E-state index contributed by atoms with van der Waals surface area (Å²) in [7, 11) is -3.72. The van der Waals surface area contributed by atoms with Crippen LogP contribution in [0.3, 0.4) is 0 Å². The molecule has 0 spiro atoms. The van der Waals surface area contributed by atoms with Gasteiger partial charge in [0.05, 0.1) is 0 Å². The first-order valence-electron chi connectivity index (χ1n) is 6.15. The van der Waals surface area contributed by atoms with Crippen molar-refractivity contribution in [2.75, 3.05) is 19.6 Å². The molecule has 0 aromatic heterocycles. The highest BCUT2D eigenvalue weighted by atomic mass is 35.5. The standard InChI is InChI=1S/C12H13N3O4S.ClH/c16-12(17)9-7-13-5-6-15(9)11-8-3-1-2-4-10(8)20(18,19)14-11;/h1-4,9,13H,5-7H2,(H,16,17);1H. The first kappa shape index (κ1) is 15.7. The van der Waals surface area contributed by atoms with Crippen LogP contribution in [0, 0.1) is 0 Å². The summed E-state index contributed by atoms with van der Waals surface area (Å²) in [6.07, 6.45) is 0. The summed E-state index contributed by atoms with van der Waals surface area (Å²) in [5.41, 5.74) is 0.473. The van der Waals surface area contributed by atoms with Gasteiger partial charge in [-0.05, 0) is 12.1 Å². The fraction of sp³-hybridized carbons (Fsp3) is 0.333. The zero-order chi connectivity index (χ0) is 14.3. The van der Waals surface area contributed by atoms with Crippen LogP contribution in [-0.4, -0.2) is 55.9 Å². The van der Waals surface area contributed by atoms with Gasteiger partial charge in [-0.1, -0.05) is 12.1 Å². The number of aliphatic carboxylic acids is 1. The molecule has 2 aliphatic rings. The van der Waals surface area contributed by atoms with Gasteiger partial charge in [-0.25, -0.2) is 4.79 Å². The first-order chi connectivity index (χ1) is 9.50. The predicted molar refractivity (Wildman–Crippen MR) is 78.4 cm³/mol. The number of hydrogen-bond donors (Lipinski definition) is 2. The molecule has 1 aromatic rings. The Hall–Kier alpha value is -1.64. The number of rotatable bonds is 1. The normalized spacial score (nSPS) is 23.0. The molecule has 0 bridgehead atoms. The second-order valence-electron chi connectivity index (χ2n) is 4.64. The number of fused-ring (bicyclic) bond motifs is 1. The van der Waals surface area contributed by atoms with Crippen LogP contribution in [0.2, 0.25) is 0 Å². The van der Waals surface area contributed by atoms with Gasteiger partial charge < -0.3 is 15.3 Å². The Morgan fingerprint density at radius 1 is 1.38 bits per heavy atom. The number of nitrogens with zero attached hydrogens (tertiary/aromatic N) is 2. The minimum absolute atomic E-state index is 0. The minimum Gasteiger partial charge on any atom is -0.480 e. The summed E-state index contributed by atoms with van der Waals surface area (Å²) >= 11 is 0. The molecule has 2 N–H and O–H groups in total. The summed E-state index contributed by atoms with van der Waals surface area (Å²) in [4.78, 5) is 13.0. The van der Waals surface area contributed by atoms with E-state index < -0.39 is 22.0 Å². The first-order valence-corrected chi connectivity index (χ1v) is 7.59. The summed E-state index contributed by atoms with van der Waals surface area (Å²) in [5, 5.41) is 12.2. The second-order valence-corrected chi connectivity index (χ2v) is 6.21. The van der Waals surface area contributed by atoms with Crippen LogP contribution in [0.15, 0.2) is 33.6 Å². The molecule has 1 fully saturated rings. The fourth-order valence-electron chi connectivity index (χ4n) is 2.47. The van der Waals surface area contributed by atoms with E-state index in [-0.39, 0.29) is 29.7 Å². The van der Waals surface area contributed by atoms with Crippen molar-refractivity contribution in [3.05, 3.63) is 29.8 Å². The molecule has 3 rings (SSSR count). The van der Waals surface area contributed by atoms with E-state index in [4.69, 9.17) is 0 Å². The zero-order valence-corrected chi connectivity index (χ0v) is 12.5. The maximum atomic E-state index is 12.0. The molecule has 1 unspecified atom stereocenters. The van der Waals surface area contributed by atoms with Gasteiger partial charge in [0.2, 0.25) is 0 Å². The lowest BCUT2D eigenvalue weighted by atomic mass is 10.1. The van der Waals surface area contributed by atoms with Gasteiger partial charge >= 0.3 is 5.97 Å². The SMILES string of the molecule is Cl.O=C(O)C1CNCCN1C1=NS(=O)(=O)c2ccccc21. The van der Waals surface area contributed by atoms with Crippen molar-refractivity contribution in [2.24, 2.45) is 4.40 Å². The zero-order valence-electron chi connectivity index (χ0n) is 10.9. The molecule has 1 saturated heterocycles. The Labute approximate surface area is 128 Å². The quantitative estimate of drug-likeness (QED) is 0.746. The maximum absolute atomic E-state index is 12.0. The van der Waals surface area contributed by atoms with E-state index in [2.05, 4.69) is 9.71 Å². The van der Waals surface area contributed by atoms with Crippen LogP contribution in [-0.2, 0) is 14.8 Å². The van der Waals surface area contributed by atoms with Crippen molar-refractivity contribution in [3.8, 4) is 0 Å². The van der Waals surface area contributed by atoms with Gasteiger partial charge in [0.1, 0.15) is 10.9 Å². The number of benzene rings is 1. The Balaban J connectivity index is 0.00000161. The van der Waals surface area contributed by atoms with E-state index in [0.717, 1.165) is 0 Å². The number of piperazine rings is 1. The van der Waals surface area contributed by atoms with Crippen LogP contribution in [0.4, 0.5) is 0 Å². The van der Waals surface area contributed by atoms with Gasteiger partial charge in [0, 0.05) is 25.2 Å². The van der Waals surface area contributed by atoms with Crippen molar-refractivity contribution in [1.29, 1.82) is 0 Å². The average molecular weight is 332 g/mol. The fourth-order valence-corrected chi connectivity index (χ4v) is 3.69. The molecule has 7 nitrogen and oxygen atoms in total. The number of halogens is 1. The molecule has 0 radical (unpaired) electrons. The van der Waals surface area contributed by atoms with Crippen molar-refractivity contribution >= 4 is 34.2 Å². The van der Waals surface area contributed by atoms with Crippen LogP contribution < -0.4 is 5.32 Å². The molecule has 114 valence electrons. The molecule has 1 aromatic carbocycles. The molecule has 9 heteroatoms. The third kappa shape index (κ3) is 2.61. The highest BCUT2D eigenvalue weighted by molar-refractivity contribution is 7.90. The van der Waals surface area contributed by atoms with E-state index >= 15 is 0 Å². The Morgan fingerprint density at radius 2 is 2.10 bits per heavy atom. The molecule has 0 saturated carbocycles. The summed E-state index contributed by atoms with van der Waals surface area (Å²) in [5.74, 6) is -0.767. The molecule has 0 amide bonds. The van der Waals surface area contributed by atoms with Gasteiger partial charge in [-0.2, -0.15) is 8.42 Å².